The molecule has 1 fully saturated rings. The molecular weight excluding hydrogens is 253 g/mol. The molecule has 0 unspecified atom stereocenters. The Morgan fingerprint density at radius 2 is 1.75 bits per heavy atom. The van der Waals surface area contributed by atoms with Crippen LogP contribution >= 0.6 is 0 Å². The van der Waals surface area contributed by atoms with Gasteiger partial charge in [0.25, 0.3) is 0 Å². The number of nitrogens with zero attached hydrogens (tertiary/aromatic N) is 2. The van der Waals surface area contributed by atoms with Crippen molar-refractivity contribution in [2.75, 3.05) is 13.6 Å². The number of rotatable bonds is 4. The van der Waals surface area contributed by atoms with E-state index in [2.05, 4.69) is 43.0 Å². The van der Waals surface area contributed by atoms with Crippen LogP contribution in [0.2, 0.25) is 0 Å². The van der Waals surface area contributed by atoms with Crippen LogP contribution in [0.25, 0.3) is 6.08 Å². The second-order valence-corrected chi connectivity index (χ2v) is 6.01. The summed E-state index contributed by atoms with van der Waals surface area (Å²) in [5.41, 5.74) is 1.29. The topological polar surface area (TPSA) is 56.3 Å². The molecule has 2 heterocycles. The molecular formula is C14H22BN3O2. The molecule has 1 aliphatic heterocycles. The summed E-state index contributed by atoms with van der Waals surface area (Å²) in [5.74, 6) is 0. The third-order valence-corrected chi connectivity index (χ3v) is 3.87. The Morgan fingerprint density at radius 3 is 2.25 bits per heavy atom. The minimum Gasteiger partial charge on any atom is -0.400 e. The Hall–Kier alpha value is -1.24. The lowest BCUT2D eigenvalue weighted by atomic mass is 9.77. The zero-order chi connectivity index (χ0) is 14.8. The lowest BCUT2D eigenvalue weighted by Gasteiger charge is -2.32. The van der Waals surface area contributed by atoms with Gasteiger partial charge in [-0.05, 0) is 40.2 Å². The summed E-state index contributed by atoms with van der Waals surface area (Å²) in [7, 11) is 1.55. The third kappa shape index (κ3) is 3.08. The molecule has 2 rings (SSSR count). The van der Waals surface area contributed by atoms with E-state index in [1.807, 2.05) is 13.1 Å². The van der Waals surface area contributed by atoms with E-state index in [1.54, 1.807) is 12.4 Å². The quantitative estimate of drug-likeness (QED) is 0.848. The molecule has 0 aliphatic carbocycles. The Morgan fingerprint density at radius 1 is 1.20 bits per heavy atom. The fraction of sp³-hybridized carbons (Fsp3) is 0.571. The van der Waals surface area contributed by atoms with Crippen molar-refractivity contribution in [3.05, 3.63) is 29.8 Å². The number of likely N-dealkylation sites (N-methyl/N-ethyl adjacent to an activating group) is 1. The molecule has 1 N–H and O–H groups in total. The first-order valence-electron chi connectivity index (χ1n) is 6.81. The second kappa shape index (κ2) is 5.64. The van der Waals surface area contributed by atoms with Crippen LogP contribution in [0.5, 0.6) is 0 Å². The monoisotopic (exact) mass is 275 g/mol. The normalized spacial score (nSPS) is 21.2. The van der Waals surface area contributed by atoms with E-state index in [4.69, 9.17) is 9.31 Å². The van der Waals surface area contributed by atoms with Crippen LogP contribution in [0.4, 0.5) is 0 Å². The van der Waals surface area contributed by atoms with Crippen LogP contribution in [0.3, 0.4) is 0 Å². The standard InChI is InChI=1S/C14H22BN3O2/c1-13(2)14(3,4)20-15(19-13)12(9-16-5)6-11-7-17-10-18-8-11/h6-8,10,16H,9H2,1-5H3. The van der Waals surface area contributed by atoms with Crippen molar-refractivity contribution in [3.63, 3.8) is 0 Å². The van der Waals surface area contributed by atoms with Gasteiger partial charge < -0.3 is 14.6 Å². The van der Waals surface area contributed by atoms with Gasteiger partial charge in [-0.15, -0.1) is 0 Å². The van der Waals surface area contributed by atoms with Crippen LogP contribution in [0.15, 0.2) is 24.2 Å². The molecule has 5 nitrogen and oxygen atoms in total. The van der Waals surface area contributed by atoms with E-state index in [-0.39, 0.29) is 18.3 Å². The van der Waals surface area contributed by atoms with Gasteiger partial charge >= 0.3 is 7.12 Å². The minimum atomic E-state index is -0.354. The molecule has 0 radical (unpaired) electrons. The van der Waals surface area contributed by atoms with Gasteiger partial charge in [-0.2, -0.15) is 0 Å². The van der Waals surface area contributed by atoms with E-state index < -0.39 is 0 Å². The second-order valence-electron chi connectivity index (χ2n) is 6.01. The van der Waals surface area contributed by atoms with Gasteiger partial charge in [0.2, 0.25) is 0 Å². The van der Waals surface area contributed by atoms with Crippen LogP contribution in [0, 0.1) is 0 Å². The lowest BCUT2D eigenvalue weighted by molar-refractivity contribution is 0.00578. The average molecular weight is 275 g/mol. The number of hydrogen-bond acceptors (Lipinski definition) is 5. The summed E-state index contributed by atoms with van der Waals surface area (Å²) in [6, 6.07) is 0. The first kappa shape index (κ1) is 15.2. The van der Waals surface area contributed by atoms with Crippen molar-refractivity contribution in [3.8, 4) is 0 Å². The van der Waals surface area contributed by atoms with Crippen molar-refractivity contribution in [1.82, 2.24) is 15.3 Å². The summed E-state index contributed by atoms with van der Waals surface area (Å²) < 4.78 is 12.2. The Labute approximate surface area is 120 Å². The highest BCUT2D eigenvalue weighted by Crippen LogP contribution is 2.38. The maximum Gasteiger partial charge on any atom is 0.491 e. The highest BCUT2D eigenvalue weighted by molar-refractivity contribution is 6.55. The van der Waals surface area contributed by atoms with Gasteiger partial charge in [0.15, 0.2) is 0 Å². The Kier molecular flexibility index (Phi) is 4.27. The molecule has 1 saturated heterocycles. The molecule has 20 heavy (non-hydrogen) atoms. The summed E-state index contributed by atoms with van der Waals surface area (Å²) in [5, 5.41) is 3.15. The summed E-state index contributed by atoms with van der Waals surface area (Å²) in [6.07, 6.45) is 7.07. The minimum absolute atomic E-state index is 0.336. The van der Waals surface area contributed by atoms with E-state index in [1.165, 1.54) is 6.33 Å². The van der Waals surface area contributed by atoms with Crippen LogP contribution in [0.1, 0.15) is 33.3 Å². The molecule has 1 aliphatic rings. The number of aromatic nitrogens is 2. The van der Waals surface area contributed by atoms with Crippen molar-refractivity contribution >= 4 is 13.2 Å². The summed E-state index contributed by atoms with van der Waals surface area (Å²) >= 11 is 0. The highest BCUT2D eigenvalue weighted by atomic mass is 16.7. The van der Waals surface area contributed by atoms with Gasteiger partial charge in [0, 0.05) is 24.5 Å². The molecule has 0 atom stereocenters. The van der Waals surface area contributed by atoms with Gasteiger partial charge in [0.05, 0.1) is 11.2 Å². The maximum absolute atomic E-state index is 6.08. The van der Waals surface area contributed by atoms with Crippen molar-refractivity contribution in [2.24, 2.45) is 0 Å². The van der Waals surface area contributed by atoms with Crippen molar-refractivity contribution in [1.29, 1.82) is 0 Å². The maximum atomic E-state index is 6.08. The molecule has 108 valence electrons. The van der Waals surface area contributed by atoms with Crippen molar-refractivity contribution in [2.45, 2.75) is 38.9 Å². The van der Waals surface area contributed by atoms with Gasteiger partial charge in [0.1, 0.15) is 6.33 Å². The third-order valence-electron chi connectivity index (χ3n) is 3.87. The molecule has 0 saturated carbocycles. The molecule has 0 aromatic carbocycles. The first-order valence-corrected chi connectivity index (χ1v) is 6.81. The smallest absolute Gasteiger partial charge is 0.400 e. The van der Waals surface area contributed by atoms with Gasteiger partial charge in [-0.25, -0.2) is 9.97 Å². The first-order chi connectivity index (χ1) is 9.36. The molecule has 1 aromatic rings. The Balaban J connectivity index is 2.25. The van der Waals surface area contributed by atoms with Crippen molar-refractivity contribution < 1.29 is 9.31 Å². The predicted molar refractivity (Wildman–Crippen MR) is 80.0 cm³/mol. The summed E-state index contributed by atoms with van der Waals surface area (Å²) in [6.45, 7) is 8.89. The van der Waals surface area contributed by atoms with E-state index in [0.717, 1.165) is 11.0 Å². The van der Waals surface area contributed by atoms with Crippen LogP contribution in [-0.2, 0) is 9.31 Å². The van der Waals surface area contributed by atoms with E-state index in [9.17, 15) is 0 Å². The lowest BCUT2D eigenvalue weighted by Crippen LogP contribution is -2.41. The molecule has 6 heteroatoms. The fourth-order valence-corrected chi connectivity index (χ4v) is 2.00. The SMILES string of the molecule is CNCC(=Cc1cncnc1)B1OC(C)(C)C(C)(C)O1. The van der Waals surface area contributed by atoms with E-state index >= 15 is 0 Å². The molecule has 0 bridgehead atoms. The Bertz CT molecular complexity index is 472. The van der Waals surface area contributed by atoms with Gasteiger partial charge in [-0.3, -0.25) is 0 Å². The predicted octanol–water partition coefficient (Wildman–Crippen LogP) is 1.71. The summed E-state index contributed by atoms with van der Waals surface area (Å²) in [4.78, 5) is 8.05. The van der Waals surface area contributed by atoms with Gasteiger partial charge in [-0.1, -0.05) is 6.08 Å². The molecule has 1 aromatic heterocycles. The zero-order valence-electron chi connectivity index (χ0n) is 12.8. The number of hydrogen-bond donors (Lipinski definition) is 1. The average Bonchev–Trinajstić information content (AvgIpc) is 2.59. The molecule has 0 amide bonds. The fourth-order valence-electron chi connectivity index (χ4n) is 2.00. The van der Waals surface area contributed by atoms with E-state index in [0.29, 0.717) is 6.54 Å². The number of nitrogens with one attached hydrogen (secondary N) is 1. The zero-order valence-corrected chi connectivity index (χ0v) is 12.8. The highest BCUT2D eigenvalue weighted by Gasteiger charge is 2.52. The molecule has 0 spiro atoms. The largest absolute Gasteiger partial charge is 0.491 e. The van der Waals surface area contributed by atoms with Crippen LogP contribution < -0.4 is 5.32 Å². The van der Waals surface area contributed by atoms with Crippen LogP contribution in [-0.4, -0.2) is 41.9 Å².